The maximum Gasteiger partial charge on any atom is 0.253 e. The van der Waals surface area contributed by atoms with Gasteiger partial charge in [0.2, 0.25) is 5.91 Å². The summed E-state index contributed by atoms with van der Waals surface area (Å²) in [6, 6.07) is 16.0. The number of para-hydroxylation sites is 1. The van der Waals surface area contributed by atoms with Crippen LogP contribution in [-0.2, 0) is 11.2 Å². The molecule has 3 heterocycles. The molecule has 1 N–H and O–H groups in total. The smallest absolute Gasteiger partial charge is 0.253 e. The summed E-state index contributed by atoms with van der Waals surface area (Å²) in [6.07, 6.45) is 10.8. The molecule has 1 saturated heterocycles. The Bertz CT molecular complexity index is 1250. The largest absolute Gasteiger partial charge is 0.493 e. The van der Waals surface area contributed by atoms with Crippen LogP contribution in [0.1, 0.15) is 66.4 Å². The van der Waals surface area contributed by atoms with Crippen LogP contribution in [0.15, 0.2) is 60.9 Å². The third-order valence-corrected chi connectivity index (χ3v) is 8.16. The number of fused-ring (bicyclic) bond motifs is 1. The highest BCUT2D eigenvalue weighted by Crippen LogP contribution is 2.37. The second-order valence-electron chi connectivity index (χ2n) is 10.8. The van der Waals surface area contributed by atoms with E-state index in [0.717, 1.165) is 55.5 Å². The first-order valence-electron chi connectivity index (χ1n) is 13.9. The van der Waals surface area contributed by atoms with Crippen LogP contribution in [0.3, 0.4) is 0 Å². The van der Waals surface area contributed by atoms with Crippen LogP contribution in [0.2, 0.25) is 0 Å². The topological polar surface area (TPSA) is 76.5 Å². The summed E-state index contributed by atoms with van der Waals surface area (Å²) in [5, 5.41) is 7.55. The Morgan fingerprint density at radius 3 is 2.66 bits per heavy atom. The van der Waals surface area contributed by atoms with Crippen LogP contribution >= 0.6 is 0 Å². The predicted octanol–water partition coefficient (Wildman–Crippen LogP) is 5.10. The summed E-state index contributed by atoms with van der Waals surface area (Å²) >= 11 is 0. The lowest BCUT2D eigenvalue weighted by atomic mass is 9.74. The van der Waals surface area contributed by atoms with Crippen LogP contribution in [0.25, 0.3) is 5.69 Å². The third-order valence-electron chi connectivity index (χ3n) is 8.16. The number of likely N-dealkylation sites (tertiary alicyclic amines) is 1. The van der Waals surface area contributed by atoms with Crippen molar-refractivity contribution in [1.29, 1.82) is 0 Å². The van der Waals surface area contributed by atoms with E-state index in [2.05, 4.69) is 22.5 Å². The average Bonchev–Trinajstić information content (AvgIpc) is 3.48. The Kier molecular flexibility index (Phi) is 8.11. The van der Waals surface area contributed by atoms with Gasteiger partial charge in [0.1, 0.15) is 5.75 Å². The zero-order valence-electron chi connectivity index (χ0n) is 22.3. The van der Waals surface area contributed by atoms with Crippen molar-refractivity contribution in [2.45, 2.75) is 58.3 Å². The van der Waals surface area contributed by atoms with Gasteiger partial charge in [0.05, 0.1) is 12.3 Å². The third kappa shape index (κ3) is 6.09. The van der Waals surface area contributed by atoms with Gasteiger partial charge in [-0.2, -0.15) is 5.10 Å². The summed E-state index contributed by atoms with van der Waals surface area (Å²) in [5.41, 5.74) is 3.97. The normalized spacial score (nSPS) is 18.7. The second kappa shape index (κ2) is 11.8. The van der Waals surface area contributed by atoms with Gasteiger partial charge in [-0.1, -0.05) is 30.7 Å². The molecule has 2 amide bonds. The first-order valence-corrected chi connectivity index (χ1v) is 13.9. The van der Waals surface area contributed by atoms with E-state index in [1.54, 1.807) is 10.9 Å². The molecule has 200 valence electrons. The highest BCUT2D eigenvalue weighted by atomic mass is 16.5. The molecule has 0 radical (unpaired) electrons. The van der Waals surface area contributed by atoms with E-state index >= 15 is 0 Å². The summed E-state index contributed by atoms with van der Waals surface area (Å²) in [7, 11) is 0. The Balaban J connectivity index is 1.25. The minimum atomic E-state index is 0.0278. The highest BCUT2D eigenvalue weighted by Gasteiger charge is 2.36. The Morgan fingerprint density at radius 1 is 1.00 bits per heavy atom. The molecule has 1 aromatic heterocycles. The van der Waals surface area contributed by atoms with E-state index in [0.29, 0.717) is 44.6 Å². The molecule has 3 aromatic rings. The van der Waals surface area contributed by atoms with Gasteiger partial charge in [0, 0.05) is 44.0 Å². The van der Waals surface area contributed by atoms with Crippen LogP contribution in [-0.4, -0.2) is 52.7 Å². The number of carbonyl (C=O) groups excluding carboxylic acids is 2. The molecule has 2 aliphatic rings. The molecule has 2 aromatic carbocycles. The van der Waals surface area contributed by atoms with E-state index < -0.39 is 0 Å². The van der Waals surface area contributed by atoms with E-state index in [9.17, 15) is 9.59 Å². The fraction of sp³-hybridized carbons (Fsp3) is 0.452. The fourth-order valence-electron chi connectivity index (χ4n) is 5.74. The lowest BCUT2D eigenvalue weighted by molar-refractivity contribution is -0.122. The summed E-state index contributed by atoms with van der Waals surface area (Å²) < 4.78 is 7.78. The van der Waals surface area contributed by atoms with Gasteiger partial charge in [0.15, 0.2) is 0 Å². The highest BCUT2D eigenvalue weighted by molar-refractivity contribution is 5.95. The predicted molar refractivity (Wildman–Crippen MR) is 148 cm³/mol. The van der Waals surface area contributed by atoms with Gasteiger partial charge in [-0.15, -0.1) is 0 Å². The Morgan fingerprint density at radius 2 is 1.84 bits per heavy atom. The maximum absolute atomic E-state index is 13.5. The molecule has 0 saturated carbocycles. The monoisotopic (exact) mass is 514 g/mol. The van der Waals surface area contributed by atoms with E-state index in [4.69, 9.17) is 4.74 Å². The number of hydrogen-bond acceptors (Lipinski definition) is 4. The van der Waals surface area contributed by atoms with Crippen molar-refractivity contribution >= 4 is 11.8 Å². The van der Waals surface area contributed by atoms with Crippen LogP contribution < -0.4 is 10.1 Å². The van der Waals surface area contributed by atoms with Gasteiger partial charge in [-0.25, -0.2) is 4.68 Å². The maximum atomic E-state index is 13.5. The molecular formula is C31H38N4O3. The number of nitrogens with zero attached hydrogens (tertiary/aromatic N) is 3. The van der Waals surface area contributed by atoms with Crippen LogP contribution in [0.5, 0.6) is 5.75 Å². The molecule has 38 heavy (non-hydrogen) atoms. The van der Waals surface area contributed by atoms with Crippen molar-refractivity contribution in [3.05, 3.63) is 77.6 Å². The lowest BCUT2D eigenvalue weighted by Gasteiger charge is -2.42. The first kappa shape index (κ1) is 26.0. The minimum Gasteiger partial charge on any atom is -0.493 e. The van der Waals surface area contributed by atoms with Gasteiger partial charge in [0.25, 0.3) is 5.91 Å². The molecule has 0 aliphatic carbocycles. The molecule has 0 atom stereocenters. The quantitative estimate of drug-likeness (QED) is 0.516. The van der Waals surface area contributed by atoms with Crippen LogP contribution in [0.4, 0.5) is 0 Å². The van der Waals surface area contributed by atoms with Crippen molar-refractivity contribution in [3.63, 3.8) is 0 Å². The number of benzene rings is 2. The van der Waals surface area contributed by atoms with E-state index in [-0.39, 0.29) is 17.2 Å². The number of aromatic nitrogens is 2. The number of ether oxygens (including phenoxy) is 1. The SMILES string of the molecule is Cc1ccc(C(=O)N2CCC3(CCCCc4ccccc4OCCCC(=O)NC3)CC2)cc1-n1cccn1. The molecule has 0 unspecified atom stereocenters. The summed E-state index contributed by atoms with van der Waals surface area (Å²) in [6.45, 7) is 4.67. The van der Waals surface area contributed by atoms with Gasteiger partial charge < -0.3 is 15.0 Å². The Hall–Kier alpha value is -3.61. The number of rotatable bonds is 2. The number of carbonyl (C=O) groups is 2. The molecule has 5 rings (SSSR count). The van der Waals surface area contributed by atoms with Crippen molar-refractivity contribution in [3.8, 4) is 11.4 Å². The molecule has 7 nitrogen and oxygen atoms in total. The molecular weight excluding hydrogens is 476 g/mol. The molecule has 1 spiro atoms. The number of piperidine rings is 1. The van der Waals surface area contributed by atoms with Crippen LogP contribution in [0, 0.1) is 12.3 Å². The second-order valence-corrected chi connectivity index (χ2v) is 10.8. The van der Waals surface area contributed by atoms with Gasteiger partial charge >= 0.3 is 0 Å². The number of hydrogen-bond donors (Lipinski definition) is 1. The zero-order valence-corrected chi connectivity index (χ0v) is 22.3. The van der Waals surface area contributed by atoms with E-state index in [1.807, 2.05) is 54.4 Å². The first-order chi connectivity index (χ1) is 18.5. The molecule has 2 aliphatic heterocycles. The standard InChI is InChI=1S/C31H38N4O3/c1-24-12-13-26(22-27(24)35-18-7-17-33-35)30(37)34-19-15-31(16-20-34)14-5-4-9-25-8-2-3-10-28(25)38-21-6-11-29(36)32-23-31/h2-3,7-8,10,12-13,17-18,22H,4-6,9,11,14-16,19-21,23H2,1H3,(H,32,36). The minimum absolute atomic E-state index is 0.0278. The molecule has 7 heteroatoms. The number of aryl methyl sites for hydroxylation is 2. The number of amides is 2. The fourth-order valence-corrected chi connectivity index (χ4v) is 5.74. The van der Waals surface area contributed by atoms with Crippen molar-refractivity contribution in [2.75, 3.05) is 26.2 Å². The van der Waals surface area contributed by atoms with E-state index in [1.165, 1.54) is 5.56 Å². The molecule has 0 bridgehead atoms. The Labute approximate surface area is 225 Å². The summed E-state index contributed by atoms with van der Waals surface area (Å²) in [4.78, 5) is 28.0. The number of nitrogens with one attached hydrogen (secondary N) is 1. The molecule has 1 fully saturated rings. The van der Waals surface area contributed by atoms with Crippen molar-refractivity contribution < 1.29 is 14.3 Å². The van der Waals surface area contributed by atoms with Crippen molar-refractivity contribution in [1.82, 2.24) is 20.0 Å². The van der Waals surface area contributed by atoms with Crippen molar-refractivity contribution in [2.24, 2.45) is 5.41 Å². The van der Waals surface area contributed by atoms with Gasteiger partial charge in [-0.3, -0.25) is 9.59 Å². The summed E-state index contributed by atoms with van der Waals surface area (Å²) in [5.74, 6) is 1.09. The van der Waals surface area contributed by atoms with Gasteiger partial charge in [-0.05, 0) is 86.3 Å². The lowest BCUT2D eigenvalue weighted by Crippen LogP contribution is -2.48. The average molecular weight is 515 g/mol. The zero-order chi connectivity index (χ0) is 26.4.